The molecule has 7 nitrogen and oxygen atoms in total. The second-order valence-corrected chi connectivity index (χ2v) is 7.75. The Morgan fingerprint density at radius 1 is 1.07 bits per heavy atom. The molecule has 1 atom stereocenters. The topological polar surface area (TPSA) is 97.6 Å². The number of nitrogens with one attached hydrogen (secondary N) is 2. The van der Waals surface area contributed by atoms with Gasteiger partial charge in [-0.1, -0.05) is 6.07 Å². The van der Waals surface area contributed by atoms with E-state index >= 15 is 0 Å². The first kappa shape index (κ1) is 19.5. The van der Waals surface area contributed by atoms with Crippen LogP contribution >= 0.6 is 0 Å². The van der Waals surface area contributed by atoms with Crippen LogP contribution in [0, 0.1) is 0 Å². The molecule has 0 aliphatic heterocycles. The fourth-order valence-electron chi connectivity index (χ4n) is 2.57. The number of hydrogen-bond acceptors (Lipinski definition) is 5. The highest BCUT2D eigenvalue weighted by Crippen LogP contribution is 2.20. The lowest BCUT2D eigenvalue weighted by Crippen LogP contribution is -2.26. The minimum atomic E-state index is -3.85. The first-order valence-electron chi connectivity index (χ1n) is 8.50. The summed E-state index contributed by atoms with van der Waals surface area (Å²) in [6, 6.07) is 15.5. The van der Waals surface area contributed by atoms with Crippen LogP contribution in [-0.4, -0.2) is 21.4 Å². The molecule has 0 aliphatic carbocycles. The van der Waals surface area contributed by atoms with Crippen molar-refractivity contribution in [2.24, 2.45) is 0 Å². The van der Waals surface area contributed by atoms with Gasteiger partial charge in [0.1, 0.15) is 11.5 Å². The Morgan fingerprint density at radius 2 is 1.82 bits per heavy atom. The normalized spacial score (nSPS) is 12.2. The van der Waals surface area contributed by atoms with E-state index in [1.54, 1.807) is 49.4 Å². The Labute approximate surface area is 163 Å². The Balaban J connectivity index is 1.76. The van der Waals surface area contributed by atoms with Crippen molar-refractivity contribution in [3.63, 3.8) is 0 Å². The smallest absolute Gasteiger partial charge is 0.261 e. The molecule has 0 radical (unpaired) electrons. The molecule has 28 heavy (non-hydrogen) atoms. The van der Waals surface area contributed by atoms with Crippen molar-refractivity contribution in [3.8, 4) is 5.75 Å². The van der Waals surface area contributed by atoms with Crippen LogP contribution < -0.4 is 14.8 Å². The quantitative estimate of drug-likeness (QED) is 0.632. The lowest BCUT2D eigenvalue weighted by molar-refractivity contribution is 0.0935. The Morgan fingerprint density at radius 3 is 2.46 bits per heavy atom. The van der Waals surface area contributed by atoms with E-state index in [4.69, 9.17) is 9.15 Å². The SMILES string of the molecule is COc1ccc(NS(=O)(=O)c2cccc(C(=O)N[C@H](C)c3ccco3)c2)cc1. The summed E-state index contributed by atoms with van der Waals surface area (Å²) in [5.74, 6) is 0.830. The summed E-state index contributed by atoms with van der Waals surface area (Å²) in [7, 11) is -2.32. The second kappa shape index (κ2) is 8.18. The average Bonchev–Trinajstić information content (AvgIpc) is 3.23. The van der Waals surface area contributed by atoms with E-state index in [0.29, 0.717) is 17.2 Å². The average molecular weight is 400 g/mol. The number of ether oxygens (including phenoxy) is 1. The third-order valence-electron chi connectivity index (χ3n) is 4.07. The zero-order valence-electron chi connectivity index (χ0n) is 15.4. The fraction of sp³-hybridized carbons (Fsp3) is 0.150. The summed E-state index contributed by atoms with van der Waals surface area (Å²) in [6.07, 6.45) is 1.52. The van der Waals surface area contributed by atoms with Crippen molar-refractivity contribution in [1.29, 1.82) is 0 Å². The molecule has 0 spiro atoms. The molecule has 2 aromatic carbocycles. The Hall–Kier alpha value is -3.26. The van der Waals surface area contributed by atoms with Gasteiger partial charge in [-0.25, -0.2) is 8.42 Å². The van der Waals surface area contributed by atoms with Crippen LogP contribution in [0.15, 0.2) is 76.2 Å². The van der Waals surface area contributed by atoms with Gasteiger partial charge in [-0.2, -0.15) is 0 Å². The number of furan rings is 1. The van der Waals surface area contributed by atoms with Crippen LogP contribution in [0.3, 0.4) is 0 Å². The Kier molecular flexibility index (Phi) is 5.70. The number of amides is 1. The number of methoxy groups -OCH3 is 1. The molecule has 1 amide bonds. The molecular weight excluding hydrogens is 380 g/mol. The van der Waals surface area contributed by atoms with Gasteiger partial charge >= 0.3 is 0 Å². The van der Waals surface area contributed by atoms with Crippen LogP contribution in [0.25, 0.3) is 0 Å². The standard InChI is InChI=1S/C20H20N2O5S/c1-14(19-7-4-12-27-19)21-20(23)15-5-3-6-18(13-15)28(24,25)22-16-8-10-17(26-2)11-9-16/h3-14,22H,1-2H3,(H,21,23)/t14-/m1/s1. The van der Waals surface area contributed by atoms with E-state index in [1.165, 1.54) is 31.6 Å². The van der Waals surface area contributed by atoms with Gasteiger partial charge in [-0.05, 0) is 61.5 Å². The maximum Gasteiger partial charge on any atom is 0.261 e. The minimum absolute atomic E-state index is 0.0124. The van der Waals surface area contributed by atoms with Crippen molar-refractivity contribution >= 4 is 21.6 Å². The molecule has 146 valence electrons. The molecule has 0 aliphatic rings. The maximum absolute atomic E-state index is 12.7. The van der Waals surface area contributed by atoms with Crippen LogP contribution in [-0.2, 0) is 10.0 Å². The highest BCUT2D eigenvalue weighted by molar-refractivity contribution is 7.92. The molecule has 0 saturated carbocycles. The van der Waals surface area contributed by atoms with Crippen molar-refractivity contribution in [2.45, 2.75) is 17.9 Å². The van der Waals surface area contributed by atoms with E-state index in [0.717, 1.165) is 0 Å². The van der Waals surface area contributed by atoms with Crippen LogP contribution in [0.2, 0.25) is 0 Å². The zero-order chi connectivity index (χ0) is 20.1. The summed E-state index contributed by atoms with van der Waals surface area (Å²) in [5.41, 5.74) is 0.623. The van der Waals surface area contributed by atoms with E-state index in [1.807, 2.05) is 0 Å². The summed E-state index contributed by atoms with van der Waals surface area (Å²) in [6.45, 7) is 1.78. The first-order chi connectivity index (χ1) is 13.4. The largest absolute Gasteiger partial charge is 0.497 e. The molecule has 2 N–H and O–H groups in total. The number of carbonyl (C=O) groups excluding carboxylic acids is 1. The third kappa shape index (κ3) is 4.52. The van der Waals surface area contributed by atoms with E-state index in [2.05, 4.69) is 10.0 Å². The molecule has 3 aromatic rings. The van der Waals surface area contributed by atoms with E-state index in [-0.39, 0.29) is 16.5 Å². The Bertz CT molecular complexity index is 1040. The van der Waals surface area contributed by atoms with Gasteiger partial charge in [0, 0.05) is 11.3 Å². The molecule has 0 fully saturated rings. The predicted octanol–water partition coefficient (Wildman–Crippen LogP) is 3.58. The molecule has 1 heterocycles. The van der Waals surface area contributed by atoms with Gasteiger partial charge in [0.2, 0.25) is 0 Å². The number of benzene rings is 2. The number of anilines is 1. The van der Waals surface area contributed by atoms with Gasteiger partial charge in [0.25, 0.3) is 15.9 Å². The first-order valence-corrected chi connectivity index (χ1v) is 9.98. The van der Waals surface area contributed by atoms with Gasteiger partial charge in [0.05, 0.1) is 24.3 Å². The van der Waals surface area contributed by atoms with Crippen LogP contribution in [0.5, 0.6) is 5.75 Å². The monoisotopic (exact) mass is 400 g/mol. The van der Waals surface area contributed by atoms with Crippen molar-refractivity contribution < 1.29 is 22.4 Å². The number of carbonyl (C=O) groups is 1. The number of rotatable bonds is 7. The predicted molar refractivity (Wildman–Crippen MR) is 105 cm³/mol. The lowest BCUT2D eigenvalue weighted by Gasteiger charge is -2.13. The summed E-state index contributed by atoms with van der Waals surface area (Å²) >= 11 is 0. The van der Waals surface area contributed by atoms with E-state index < -0.39 is 15.9 Å². The van der Waals surface area contributed by atoms with Gasteiger partial charge in [0.15, 0.2) is 0 Å². The van der Waals surface area contributed by atoms with Crippen LogP contribution in [0.4, 0.5) is 5.69 Å². The molecule has 1 aromatic heterocycles. The lowest BCUT2D eigenvalue weighted by atomic mass is 10.2. The van der Waals surface area contributed by atoms with E-state index in [9.17, 15) is 13.2 Å². The third-order valence-corrected chi connectivity index (χ3v) is 5.45. The zero-order valence-corrected chi connectivity index (χ0v) is 16.2. The molecule has 0 unspecified atom stereocenters. The highest BCUT2D eigenvalue weighted by Gasteiger charge is 2.18. The second-order valence-electron chi connectivity index (χ2n) is 6.07. The highest BCUT2D eigenvalue weighted by atomic mass is 32.2. The number of sulfonamides is 1. The summed E-state index contributed by atoms with van der Waals surface area (Å²) in [4.78, 5) is 12.5. The minimum Gasteiger partial charge on any atom is -0.497 e. The maximum atomic E-state index is 12.7. The van der Waals surface area contributed by atoms with Gasteiger partial charge < -0.3 is 14.5 Å². The van der Waals surface area contributed by atoms with Crippen molar-refractivity contribution in [1.82, 2.24) is 5.32 Å². The summed E-state index contributed by atoms with van der Waals surface area (Å²) in [5, 5.41) is 2.78. The van der Waals surface area contributed by atoms with Gasteiger partial charge in [-0.15, -0.1) is 0 Å². The van der Waals surface area contributed by atoms with Crippen LogP contribution in [0.1, 0.15) is 29.1 Å². The number of hydrogen-bond donors (Lipinski definition) is 2. The summed E-state index contributed by atoms with van der Waals surface area (Å²) < 4.78 is 38.1. The van der Waals surface area contributed by atoms with Crippen molar-refractivity contribution in [3.05, 3.63) is 78.3 Å². The van der Waals surface area contributed by atoms with Crippen molar-refractivity contribution in [2.75, 3.05) is 11.8 Å². The molecular formula is C20H20N2O5S. The molecule has 8 heteroatoms. The fourth-order valence-corrected chi connectivity index (χ4v) is 3.67. The molecule has 0 bridgehead atoms. The van der Waals surface area contributed by atoms with Gasteiger partial charge in [-0.3, -0.25) is 9.52 Å². The molecule has 0 saturated heterocycles. The molecule has 3 rings (SSSR count).